The topological polar surface area (TPSA) is 69.7 Å². The molecule has 0 saturated heterocycles. The highest BCUT2D eigenvalue weighted by molar-refractivity contribution is 6.00. The van der Waals surface area contributed by atoms with Crippen LogP contribution in [-0.4, -0.2) is 31.9 Å². The summed E-state index contributed by atoms with van der Waals surface area (Å²) in [5, 5.41) is 0. The van der Waals surface area contributed by atoms with E-state index in [2.05, 4.69) is 9.47 Å². The normalized spacial score (nSPS) is 20.5. The maximum atomic E-state index is 11.4. The van der Waals surface area contributed by atoms with E-state index in [9.17, 15) is 14.4 Å². The Labute approximate surface area is 87.7 Å². The second-order valence-electron chi connectivity index (χ2n) is 3.49. The van der Waals surface area contributed by atoms with Gasteiger partial charge in [0.1, 0.15) is 5.78 Å². The van der Waals surface area contributed by atoms with Gasteiger partial charge in [-0.1, -0.05) is 0 Å². The summed E-state index contributed by atoms with van der Waals surface area (Å²) in [6.07, 6.45) is 1.69. The van der Waals surface area contributed by atoms with Crippen LogP contribution in [0.2, 0.25) is 0 Å². The number of rotatable bonds is 3. The lowest BCUT2D eigenvalue weighted by Gasteiger charge is -2.17. The second kappa shape index (κ2) is 4.91. The molecule has 1 fully saturated rings. The summed E-state index contributed by atoms with van der Waals surface area (Å²) in [7, 11) is 2.38. The average Bonchev–Trinajstić information content (AvgIpc) is 2.64. The van der Waals surface area contributed by atoms with Gasteiger partial charge >= 0.3 is 11.9 Å². The summed E-state index contributed by atoms with van der Waals surface area (Å²) >= 11 is 0. The van der Waals surface area contributed by atoms with Crippen LogP contribution < -0.4 is 0 Å². The first-order chi connectivity index (χ1) is 7.11. The van der Waals surface area contributed by atoms with Crippen molar-refractivity contribution in [2.45, 2.75) is 19.3 Å². The van der Waals surface area contributed by atoms with E-state index < -0.39 is 23.8 Å². The summed E-state index contributed by atoms with van der Waals surface area (Å²) in [4.78, 5) is 34.2. The van der Waals surface area contributed by atoms with Crippen LogP contribution in [-0.2, 0) is 23.9 Å². The Bertz CT molecular complexity index is 268. The molecule has 1 rings (SSSR count). The molecule has 0 unspecified atom stereocenters. The first kappa shape index (κ1) is 11.7. The number of hydrogen-bond donors (Lipinski definition) is 0. The van der Waals surface area contributed by atoms with E-state index >= 15 is 0 Å². The molecule has 1 aliphatic rings. The molecule has 5 heteroatoms. The number of ketones is 1. The van der Waals surface area contributed by atoms with Gasteiger partial charge in [0, 0.05) is 12.3 Å². The van der Waals surface area contributed by atoms with Gasteiger partial charge in [-0.25, -0.2) is 0 Å². The van der Waals surface area contributed by atoms with E-state index in [1.807, 2.05) is 0 Å². The maximum Gasteiger partial charge on any atom is 0.320 e. The minimum Gasteiger partial charge on any atom is -0.468 e. The number of carbonyl (C=O) groups is 3. The fourth-order valence-corrected chi connectivity index (χ4v) is 1.87. The molecule has 1 atom stereocenters. The monoisotopic (exact) mass is 214 g/mol. The lowest BCUT2D eigenvalue weighted by Crippen LogP contribution is -2.35. The zero-order chi connectivity index (χ0) is 11.4. The van der Waals surface area contributed by atoms with Crippen molar-refractivity contribution in [1.82, 2.24) is 0 Å². The Balaban J connectivity index is 2.84. The fourth-order valence-electron chi connectivity index (χ4n) is 1.87. The van der Waals surface area contributed by atoms with Crippen LogP contribution in [0.1, 0.15) is 19.3 Å². The van der Waals surface area contributed by atoms with Crippen molar-refractivity contribution in [3.05, 3.63) is 0 Å². The van der Waals surface area contributed by atoms with Crippen molar-refractivity contribution >= 4 is 17.7 Å². The third kappa shape index (κ3) is 2.34. The average molecular weight is 214 g/mol. The molecule has 0 radical (unpaired) electrons. The zero-order valence-corrected chi connectivity index (χ0v) is 8.82. The molecule has 0 spiro atoms. The number of ether oxygens (including phenoxy) is 2. The SMILES string of the molecule is COC(=O)C(C(=O)OC)[C@@H]1CCCC1=O. The molecule has 0 N–H and O–H groups in total. The van der Waals surface area contributed by atoms with Crippen LogP contribution in [0.3, 0.4) is 0 Å². The van der Waals surface area contributed by atoms with E-state index in [-0.39, 0.29) is 5.78 Å². The third-order valence-electron chi connectivity index (χ3n) is 2.66. The zero-order valence-electron chi connectivity index (χ0n) is 8.82. The van der Waals surface area contributed by atoms with Crippen LogP contribution in [0, 0.1) is 11.8 Å². The second-order valence-corrected chi connectivity index (χ2v) is 3.49. The summed E-state index contributed by atoms with van der Waals surface area (Å²) < 4.78 is 9.01. The van der Waals surface area contributed by atoms with Crippen molar-refractivity contribution in [3.8, 4) is 0 Å². The summed E-state index contributed by atoms with van der Waals surface area (Å²) in [5.41, 5.74) is 0. The van der Waals surface area contributed by atoms with E-state index in [0.717, 1.165) is 0 Å². The maximum absolute atomic E-state index is 11.4. The van der Waals surface area contributed by atoms with Gasteiger partial charge in [0.05, 0.1) is 14.2 Å². The molecule has 0 bridgehead atoms. The van der Waals surface area contributed by atoms with Crippen molar-refractivity contribution in [2.75, 3.05) is 14.2 Å². The highest BCUT2D eigenvalue weighted by Gasteiger charge is 2.42. The number of carbonyl (C=O) groups excluding carboxylic acids is 3. The Morgan fingerprint density at radius 3 is 2.13 bits per heavy atom. The predicted octanol–water partition coefficient (Wildman–Crippen LogP) is 0.318. The van der Waals surface area contributed by atoms with Crippen molar-refractivity contribution in [2.24, 2.45) is 11.8 Å². The van der Waals surface area contributed by atoms with Gasteiger partial charge in [-0.3, -0.25) is 14.4 Å². The third-order valence-corrected chi connectivity index (χ3v) is 2.66. The Hall–Kier alpha value is -1.39. The number of esters is 2. The van der Waals surface area contributed by atoms with Crippen molar-refractivity contribution in [3.63, 3.8) is 0 Å². The van der Waals surface area contributed by atoms with Gasteiger partial charge in [0.15, 0.2) is 5.92 Å². The molecule has 0 amide bonds. The molecule has 0 aliphatic heterocycles. The molecule has 5 nitrogen and oxygen atoms in total. The lowest BCUT2D eigenvalue weighted by atomic mass is 9.90. The molecule has 0 aromatic carbocycles. The van der Waals surface area contributed by atoms with Crippen molar-refractivity contribution in [1.29, 1.82) is 0 Å². The first-order valence-corrected chi connectivity index (χ1v) is 4.80. The minimum atomic E-state index is -1.09. The minimum absolute atomic E-state index is 0.0594. The molecule has 0 aromatic rings. The van der Waals surface area contributed by atoms with Crippen LogP contribution >= 0.6 is 0 Å². The van der Waals surface area contributed by atoms with Gasteiger partial charge in [-0.2, -0.15) is 0 Å². The first-order valence-electron chi connectivity index (χ1n) is 4.80. The van der Waals surface area contributed by atoms with E-state index in [0.29, 0.717) is 19.3 Å². The van der Waals surface area contributed by atoms with Crippen LogP contribution in [0.4, 0.5) is 0 Å². The molecular weight excluding hydrogens is 200 g/mol. The molecule has 1 saturated carbocycles. The Morgan fingerprint density at radius 2 is 1.80 bits per heavy atom. The van der Waals surface area contributed by atoms with Crippen LogP contribution in [0.25, 0.3) is 0 Å². The predicted molar refractivity (Wildman–Crippen MR) is 49.9 cm³/mol. The highest BCUT2D eigenvalue weighted by atomic mass is 16.5. The molecule has 15 heavy (non-hydrogen) atoms. The molecular formula is C10H14O5. The van der Waals surface area contributed by atoms with Crippen LogP contribution in [0.5, 0.6) is 0 Å². The lowest BCUT2D eigenvalue weighted by molar-refractivity contribution is -0.163. The number of Topliss-reactive ketones (excluding diaryl/α,β-unsaturated/α-hetero) is 1. The molecule has 84 valence electrons. The quantitative estimate of drug-likeness (QED) is 0.499. The van der Waals surface area contributed by atoms with Gasteiger partial charge in [0.2, 0.25) is 0 Å². The Morgan fingerprint density at radius 1 is 1.27 bits per heavy atom. The van der Waals surface area contributed by atoms with Gasteiger partial charge in [-0.15, -0.1) is 0 Å². The van der Waals surface area contributed by atoms with Crippen molar-refractivity contribution < 1.29 is 23.9 Å². The largest absolute Gasteiger partial charge is 0.468 e. The molecule has 0 heterocycles. The standard InChI is InChI=1S/C10H14O5/c1-14-9(12)8(10(13)15-2)6-4-3-5-7(6)11/h6,8H,3-5H2,1-2H3/t6-/m1/s1. The number of hydrogen-bond acceptors (Lipinski definition) is 5. The van der Waals surface area contributed by atoms with E-state index in [1.165, 1.54) is 14.2 Å². The van der Waals surface area contributed by atoms with E-state index in [1.54, 1.807) is 0 Å². The van der Waals surface area contributed by atoms with Gasteiger partial charge in [-0.05, 0) is 12.8 Å². The van der Waals surface area contributed by atoms with Crippen LogP contribution in [0.15, 0.2) is 0 Å². The van der Waals surface area contributed by atoms with E-state index in [4.69, 9.17) is 0 Å². The molecule has 1 aliphatic carbocycles. The fraction of sp³-hybridized carbons (Fsp3) is 0.700. The molecule has 0 aromatic heterocycles. The Kier molecular flexibility index (Phi) is 3.82. The summed E-state index contributed by atoms with van der Waals surface area (Å²) in [5.74, 6) is -3.10. The summed E-state index contributed by atoms with van der Waals surface area (Å²) in [6.45, 7) is 0. The number of methoxy groups -OCH3 is 2. The summed E-state index contributed by atoms with van der Waals surface area (Å²) in [6, 6.07) is 0. The van der Waals surface area contributed by atoms with Gasteiger partial charge in [0.25, 0.3) is 0 Å². The van der Waals surface area contributed by atoms with Gasteiger partial charge < -0.3 is 9.47 Å². The highest BCUT2D eigenvalue weighted by Crippen LogP contribution is 2.29. The smallest absolute Gasteiger partial charge is 0.320 e.